The van der Waals surface area contributed by atoms with E-state index in [0.29, 0.717) is 15.2 Å². The third kappa shape index (κ3) is 3.43. The van der Waals surface area contributed by atoms with Crippen LogP contribution in [0.2, 0.25) is 5.28 Å². The molecule has 62 valence electrons. The van der Waals surface area contributed by atoms with Crippen LogP contribution in [0, 0.1) is 6.92 Å². The van der Waals surface area contributed by atoms with E-state index in [0.717, 1.165) is 0 Å². The molecule has 0 spiro atoms. The van der Waals surface area contributed by atoms with E-state index in [1.807, 2.05) is 0 Å². The predicted molar refractivity (Wildman–Crippen MR) is 56.3 cm³/mol. The van der Waals surface area contributed by atoms with Crippen LogP contribution in [0.3, 0.4) is 0 Å². The summed E-state index contributed by atoms with van der Waals surface area (Å²) in [5.74, 6) is 0. The summed E-state index contributed by atoms with van der Waals surface area (Å²) in [7, 11) is 0. The second-order valence-corrected chi connectivity index (χ2v) is 4.91. The van der Waals surface area contributed by atoms with Crippen molar-refractivity contribution in [1.82, 2.24) is 0 Å². The molecule has 0 radical (unpaired) electrons. The summed E-state index contributed by atoms with van der Waals surface area (Å²) in [6.07, 6.45) is 2.72. The van der Waals surface area contributed by atoms with Crippen LogP contribution in [0.15, 0.2) is 24.3 Å². The van der Waals surface area contributed by atoms with E-state index in [1.54, 1.807) is 4.43 Å². The summed E-state index contributed by atoms with van der Waals surface area (Å²) < 4.78 is 1.56. The molecule has 0 aliphatic carbocycles. The fourth-order valence-corrected chi connectivity index (χ4v) is 2.59. The molecule has 0 unspecified atom stereocenters. The molecule has 0 nitrogen and oxygen atoms in total. The van der Waals surface area contributed by atoms with Crippen molar-refractivity contribution in [2.24, 2.45) is 0 Å². The van der Waals surface area contributed by atoms with Gasteiger partial charge < -0.3 is 0 Å². The summed E-state index contributed by atoms with van der Waals surface area (Å²) >= 11 is 0.535. The molecule has 0 saturated carbocycles. The van der Waals surface area contributed by atoms with E-state index in [4.69, 9.17) is 0 Å². The van der Waals surface area contributed by atoms with Gasteiger partial charge in [0, 0.05) is 0 Å². The molecule has 12 heavy (non-hydrogen) atoms. The van der Waals surface area contributed by atoms with Crippen LogP contribution in [-0.2, 0) is 0 Å². The van der Waals surface area contributed by atoms with Crippen LogP contribution in [0.1, 0.15) is 25.3 Å². The van der Waals surface area contributed by atoms with Crippen molar-refractivity contribution >= 4 is 19.6 Å². The molecule has 1 rings (SSSR count). The molecule has 0 N–H and O–H groups in total. The van der Waals surface area contributed by atoms with Crippen LogP contribution in [0.5, 0.6) is 0 Å². The Labute approximate surface area is 81.7 Å². The summed E-state index contributed by atoms with van der Waals surface area (Å²) in [6.45, 7) is 4.40. The van der Waals surface area contributed by atoms with Gasteiger partial charge in [0.1, 0.15) is 0 Å². The van der Waals surface area contributed by atoms with Crippen molar-refractivity contribution in [3.8, 4) is 0 Å². The Morgan fingerprint density at radius 2 is 1.83 bits per heavy atom. The molecule has 0 atom stereocenters. The second-order valence-electron chi connectivity index (χ2n) is 3.26. The van der Waals surface area contributed by atoms with Gasteiger partial charge in [0.2, 0.25) is 0 Å². The Hall–Kier alpha value is -0.248. The molecule has 0 fully saturated rings. The number of unbranched alkanes of at least 4 members (excludes halogenated alkanes) is 1. The minimum absolute atomic E-state index is 0.535. The number of hydrogen-bond acceptors (Lipinski definition) is 0. The van der Waals surface area contributed by atoms with E-state index in [1.165, 1.54) is 23.7 Å². The van der Waals surface area contributed by atoms with Gasteiger partial charge in [-0.2, -0.15) is 0 Å². The average Bonchev–Trinajstić information content (AvgIpc) is 2.09. The molecule has 0 bridgehead atoms. The van der Waals surface area contributed by atoms with Crippen LogP contribution in [0.4, 0.5) is 0 Å². The van der Waals surface area contributed by atoms with E-state index >= 15 is 0 Å². The molecule has 0 saturated heterocycles. The molecule has 0 amide bonds. The summed E-state index contributed by atoms with van der Waals surface area (Å²) in [6, 6.07) is 8.99. The minimum atomic E-state index is 0.535. The van der Waals surface area contributed by atoms with Crippen LogP contribution in [-0.4, -0.2) is 15.2 Å². The maximum absolute atomic E-state index is 2.28. The van der Waals surface area contributed by atoms with Crippen LogP contribution in [0.25, 0.3) is 0 Å². The molecule has 0 aromatic heterocycles. The fourth-order valence-electron chi connectivity index (χ4n) is 1.18. The molecule has 1 aromatic rings. The average molecular weight is 175 g/mol. The maximum atomic E-state index is 2.28. The van der Waals surface area contributed by atoms with Crippen LogP contribution < -0.4 is 4.43 Å². The first-order valence-corrected chi connectivity index (χ1v) is 6.12. The van der Waals surface area contributed by atoms with Gasteiger partial charge in [0.25, 0.3) is 0 Å². The third-order valence-corrected chi connectivity index (χ3v) is 3.57. The number of benzene rings is 1. The molecular weight excluding hydrogens is 159 g/mol. The van der Waals surface area contributed by atoms with Gasteiger partial charge >= 0.3 is 81.4 Å². The van der Waals surface area contributed by atoms with Crippen molar-refractivity contribution in [3.63, 3.8) is 0 Å². The Kier molecular flexibility index (Phi) is 4.43. The zero-order valence-corrected chi connectivity index (χ0v) is 9.16. The summed E-state index contributed by atoms with van der Waals surface area (Å²) in [5.41, 5.74) is 1.37. The zero-order chi connectivity index (χ0) is 8.81. The Balaban J connectivity index is 2.37. The van der Waals surface area contributed by atoms with Crippen molar-refractivity contribution in [2.45, 2.75) is 32.0 Å². The standard InChI is InChI=1S/C7H7.C4H9.Al/c1-7-5-3-2-4-6-7;1-3-4-2;/h3-6H,1H3;1,3-4H2,2H3;/q;;+1. The van der Waals surface area contributed by atoms with Crippen molar-refractivity contribution < 1.29 is 0 Å². The van der Waals surface area contributed by atoms with Gasteiger partial charge in [-0.05, 0) is 0 Å². The van der Waals surface area contributed by atoms with Crippen molar-refractivity contribution in [1.29, 1.82) is 0 Å². The van der Waals surface area contributed by atoms with Crippen LogP contribution >= 0.6 is 0 Å². The van der Waals surface area contributed by atoms with Gasteiger partial charge in [-0.1, -0.05) is 0 Å². The van der Waals surface area contributed by atoms with Crippen molar-refractivity contribution in [2.75, 3.05) is 0 Å². The summed E-state index contributed by atoms with van der Waals surface area (Å²) in [5, 5.41) is 1.42. The molecular formula is C11H16Al+. The number of aryl methyl sites for hydroxylation is 1. The van der Waals surface area contributed by atoms with Gasteiger partial charge in [-0.25, -0.2) is 0 Å². The Morgan fingerprint density at radius 3 is 2.42 bits per heavy atom. The summed E-state index contributed by atoms with van der Waals surface area (Å²) in [4.78, 5) is 0. The van der Waals surface area contributed by atoms with Gasteiger partial charge in [-0.15, -0.1) is 0 Å². The Morgan fingerprint density at radius 1 is 1.17 bits per heavy atom. The molecule has 0 aliphatic rings. The monoisotopic (exact) mass is 175 g/mol. The fraction of sp³-hybridized carbons (Fsp3) is 0.455. The molecule has 0 aliphatic heterocycles. The van der Waals surface area contributed by atoms with E-state index in [9.17, 15) is 0 Å². The normalized spacial score (nSPS) is 9.50. The second kappa shape index (κ2) is 5.41. The Bertz CT molecular complexity index is 213. The first-order valence-electron chi connectivity index (χ1n) is 4.73. The first-order chi connectivity index (χ1) is 5.83. The van der Waals surface area contributed by atoms with Gasteiger partial charge in [-0.3, -0.25) is 0 Å². The topological polar surface area (TPSA) is 0 Å². The van der Waals surface area contributed by atoms with E-state index < -0.39 is 0 Å². The van der Waals surface area contributed by atoms with Gasteiger partial charge in [0.05, 0.1) is 0 Å². The predicted octanol–water partition coefficient (Wildman–Crippen LogP) is 2.54. The zero-order valence-electron chi connectivity index (χ0n) is 8.01. The quantitative estimate of drug-likeness (QED) is 0.487. The first kappa shape index (κ1) is 9.84. The molecule has 0 heterocycles. The SMILES string of the molecule is CCC[CH2][Al+][c]1ccc(C)cc1. The van der Waals surface area contributed by atoms with Crippen molar-refractivity contribution in [3.05, 3.63) is 29.8 Å². The van der Waals surface area contributed by atoms with Gasteiger partial charge in [0.15, 0.2) is 0 Å². The van der Waals surface area contributed by atoms with E-state index in [-0.39, 0.29) is 0 Å². The molecule has 1 heteroatoms. The number of hydrogen-bond donors (Lipinski definition) is 0. The third-order valence-electron chi connectivity index (χ3n) is 2.02. The molecule has 1 aromatic carbocycles. The van der Waals surface area contributed by atoms with E-state index in [2.05, 4.69) is 38.1 Å². The number of rotatable bonds is 4.